The van der Waals surface area contributed by atoms with Crippen LogP contribution in [0.3, 0.4) is 0 Å². The Bertz CT molecular complexity index is 545. The summed E-state index contributed by atoms with van der Waals surface area (Å²) in [6.45, 7) is 3.92. The third-order valence-corrected chi connectivity index (χ3v) is 2.56. The number of hydrogen-bond acceptors (Lipinski definition) is 3. The Hall–Kier alpha value is -1.91. The Kier molecular flexibility index (Phi) is 2.60. The van der Waals surface area contributed by atoms with Gasteiger partial charge >= 0.3 is 5.97 Å². The second kappa shape index (κ2) is 3.92. The molecule has 0 spiro atoms. The Balaban J connectivity index is 2.74. The van der Waals surface area contributed by atoms with Crippen LogP contribution in [0.2, 0.25) is 0 Å². The molecular formula is C11H13N3O2. The van der Waals surface area contributed by atoms with Gasteiger partial charge in [0.05, 0.1) is 17.0 Å². The molecule has 16 heavy (non-hydrogen) atoms. The zero-order valence-electron chi connectivity index (χ0n) is 9.27. The van der Waals surface area contributed by atoms with Crippen LogP contribution in [0, 0.1) is 0 Å². The lowest BCUT2D eigenvalue weighted by Crippen LogP contribution is -2.09. The Morgan fingerprint density at radius 3 is 2.75 bits per heavy atom. The molecule has 2 heterocycles. The summed E-state index contributed by atoms with van der Waals surface area (Å²) in [5.74, 6) is -0.959. The molecule has 0 aliphatic rings. The van der Waals surface area contributed by atoms with Crippen molar-refractivity contribution in [3.63, 3.8) is 0 Å². The van der Waals surface area contributed by atoms with Crippen molar-refractivity contribution in [1.82, 2.24) is 14.6 Å². The van der Waals surface area contributed by atoms with Crippen molar-refractivity contribution in [3.8, 4) is 0 Å². The molecule has 0 fully saturated rings. The molecular weight excluding hydrogens is 206 g/mol. The van der Waals surface area contributed by atoms with E-state index in [9.17, 15) is 4.79 Å². The molecule has 0 unspecified atom stereocenters. The smallest absolute Gasteiger partial charge is 0.339 e. The maximum atomic E-state index is 11.0. The summed E-state index contributed by atoms with van der Waals surface area (Å²) >= 11 is 0. The highest BCUT2D eigenvalue weighted by molar-refractivity contribution is 5.88. The molecule has 1 N–H and O–H groups in total. The molecule has 0 bridgehead atoms. The molecule has 0 aliphatic carbocycles. The third kappa shape index (κ3) is 1.54. The quantitative estimate of drug-likeness (QED) is 0.850. The van der Waals surface area contributed by atoms with E-state index < -0.39 is 5.97 Å². The highest BCUT2D eigenvalue weighted by atomic mass is 16.4. The molecule has 0 amide bonds. The Morgan fingerprint density at radius 2 is 2.19 bits per heavy atom. The number of carboxylic acid groups (broad SMARTS) is 1. The summed E-state index contributed by atoms with van der Waals surface area (Å²) in [5.41, 5.74) is 2.54. The van der Waals surface area contributed by atoms with E-state index in [0.717, 1.165) is 12.1 Å². The molecule has 0 saturated carbocycles. The number of carboxylic acids is 1. The van der Waals surface area contributed by atoms with Gasteiger partial charge in [0, 0.05) is 12.3 Å². The van der Waals surface area contributed by atoms with Gasteiger partial charge in [0.2, 0.25) is 0 Å². The van der Waals surface area contributed by atoms with Gasteiger partial charge in [-0.05, 0) is 12.8 Å². The molecule has 0 aliphatic heterocycles. The van der Waals surface area contributed by atoms with Crippen LogP contribution in [-0.2, 0) is 12.8 Å². The first kappa shape index (κ1) is 10.6. The number of nitrogens with zero attached hydrogens (tertiary/aromatic N) is 3. The van der Waals surface area contributed by atoms with E-state index >= 15 is 0 Å². The van der Waals surface area contributed by atoms with E-state index in [1.807, 2.05) is 19.9 Å². The summed E-state index contributed by atoms with van der Waals surface area (Å²) in [6, 6.07) is 1.88. The molecule has 0 atom stereocenters. The number of aryl methyl sites for hydroxylation is 2. The van der Waals surface area contributed by atoms with Crippen LogP contribution >= 0.6 is 0 Å². The van der Waals surface area contributed by atoms with Crippen molar-refractivity contribution in [1.29, 1.82) is 0 Å². The fourth-order valence-electron chi connectivity index (χ4n) is 1.72. The molecule has 5 nitrogen and oxygen atoms in total. The molecule has 0 radical (unpaired) electrons. The van der Waals surface area contributed by atoms with Crippen LogP contribution in [0.5, 0.6) is 0 Å². The number of aromatic nitrogens is 3. The maximum absolute atomic E-state index is 11.0. The molecule has 2 aromatic heterocycles. The maximum Gasteiger partial charge on any atom is 0.339 e. The summed E-state index contributed by atoms with van der Waals surface area (Å²) in [6.07, 6.45) is 2.83. The third-order valence-electron chi connectivity index (χ3n) is 2.56. The SMILES string of the molecule is CCc1cc2ncc(C(=O)O)c(CC)n2n1. The van der Waals surface area contributed by atoms with E-state index in [1.54, 1.807) is 4.52 Å². The first-order valence-corrected chi connectivity index (χ1v) is 5.27. The number of aromatic carboxylic acids is 1. The predicted octanol–water partition coefficient (Wildman–Crippen LogP) is 1.55. The minimum atomic E-state index is -0.959. The number of rotatable bonds is 3. The number of fused-ring (bicyclic) bond motifs is 1. The van der Waals surface area contributed by atoms with Crippen molar-refractivity contribution in [2.75, 3.05) is 0 Å². The zero-order chi connectivity index (χ0) is 11.7. The van der Waals surface area contributed by atoms with E-state index in [-0.39, 0.29) is 5.56 Å². The largest absolute Gasteiger partial charge is 0.478 e. The molecule has 5 heteroatoms. The van der Waals surface area contributed by atoms with Crippen molar-refractivity contribution in [2.24, 2.45) is 0 Å². The van der Waals surface area contributed by atoms with Gasteiger partial charge in [0.1, 0.15) is 0 Å². The lowest BCUT2D eigenvalue weighted by atomic mass is 10.2. The van der Waals surface area contributed by atoms with Crippen molar-refractivity contribution < 1.29 is 9.90 Å². The van der Waals surface area contributed by atoms with Gasteiger partial charge in [0.25, 0.3) is 0 Å². The van der Waals surface area contributed by atoms with Crippen LogP contribution in [0.4, 0.5) is 0 Å². The first-order chi connectivity index (χ1) is 7.67. The molecule has 84 valence electrons. The number of hydrogen-bond donors (Lipinski definition) is 1. The molecule has 0 saturated heterocycles. The highest BCUT2D eigenvalue weighted by Gasteiger charge is 2.14. The van der Waals surface area contributed by atoms with Gasteiger partial charge in [-0.2, -0.15) is 5.10 Å². The summed E-state index contributed by atoms with van der Waals surface area (Å²) in [5, 5.41) is 13.4. The van der Waals surface area contributed by atoms with Crippen molar-refractivity contribution >= 4 is 11.6 Å². The van der Waals surface area contributed by atoms with E-state index in [1.165, 1.54) is 6.20 Å². The highest BCUT2D eigenvalue weighted by Crippen LogP contribution is 2.13. The lowest BCUT2D eigenvalue weighted by molar-refractivity contribution is 0.0694. The van der Waals surface area contributed by atoms with Gasteiger partial charge in [-0.1, -0.05) is 13.8 Å². The topological polar surface area (TPSA) is 67.5 Å². The van der Waals surface area contributed by atoms with Crippen LogP contribution in [0.25, 0.3) is 5.65 Å². The molecule has 0 aromatic carbocycles. The second-order valence-electron chi connectivity index (χ2n) is 3.54. The van der Waals surface area contributed by atoms with Crippen LogP contribution in [0.15, 0.2) is 12.3 Å². The fourth-order valence-corrected chi connectivity index (χ4v) is 1.72. The zero-order valence-corrected chi connectivity index (χ0v) is 9.27. The minimum Gasteiger partial charge on any atom is -0.478 e. The van der Waals surface area contributed by atoms with Gasteiger partial charge in [-0.15, -0.1) is 0 Å². The lowest BCUT2D eigenvalue weighted by Gasteiger charge is -2.04. The Labute approximate surface area is 92.7 Å². The Morgan fingerprint density at radius 1 is 1.44 bits per heavy atom. The van der Waals surface area contributed by atoms with Crippen molar-refractivity contribution in [2.45, 2.75) is 26.7 Å². The van der Waals surface area contributed by atoms with E-state index in [4.69, 9.17) is 5.11 Å². The summed E-state index contributed by atoms with van der Waals surface area (Å²) in [4.78, 5) is 15.1. The number of carbonyl (C=O) groups is 1. The standard InChI is InChI=1S/C11H13N3O2/c1-3-7-5-10-12-6-8(11(15)16)9(4-2)14(10)13-7/h5-6H,3-4H2,1-2H3,(H,15,16). The average molecular weight is 219 g/mol. The summed E-state index contributed by atoms with van der Waals surface area (Å²) < 4.78 is 1.63. The minimum absolute atomic E-state index is 0.223. The van der Waals surface area contributed by atoms with Gasteiger partial charge in [-0.3, -0.25) is 0 Å². The van der Waals surface area contributed by atoms with E-state index in [0.29, 0.717) is 17.8 Å². The van der Waals surface area contributed by atoms with Crippen LogP contribution in [-0.4, -0.2) is 25.7 Å². The predicted molar refractivity (Wildman–Crippen MR) is 58.7 cm³/mol. The normalized spacial score (nSPS) is 10.9. The second-order valence-corrected chi connectivity index (χ2v) is 3.54. The van der Waals surface area contributed by atoms with Crippen LogP contribution in [0.1, 0.15) is 35.6 Å². The van der Waals surface area contributed by atoms with Crippen LogP contribution < -0.4 is 0 Å². The summed E-state index contributed by atoms with van der Waals surface area (Å²) in [7, 11) is 0. The monoisotopic (exact) mass is 219 g/mol. The first-order valence-electron chi connectivity index (χ1n) is 5.27. The fraction of sp³-hybridized carbons (Fsp3) is 0.364. The van der Waals surface area contributed by atoms with Gasteiger partial charge in [0.15, 0.2) is 5.65 Å². The molecule has 2 aromatic rings. The van der Waals surface area contributed by atoms with Gasteiger partial charge in [-0.25, -0.2) is 14.3 Å². The van der Waals surface area contributed by atoms with Gasteiger partial charge < -0.3 is 5.11 Å². The van der Waals surface area contributed by atoms with Crippen molar-refractivity contribution in [3.05, 3.63) is 29.2 Å². The van der Waals surface area contributed by atoms with E-state index in [2.05, 4.69) is 10.1 Å². The average Bonchev–Trinajstić information content (AvgIpc) is 2.69. The molecule has 2 rings (SSSR count).